The highest BCUT2D eigenvalue weighted by atomic mass is 32.2. The molecule has 1 aliphatic rings. The lowest BCUT2D eigenvalue weighted by molar-refractivity contribution is 0.372. The molecule has 0 bridgehead atoms. The van der Waals surface area contributed by atoms with Gasteiger partial charge in [-0.15, -0.1) is 0 Å². The fourth-order valence-corrected chi connectivity index (χ4v) is 4.70. The molecule has 0 amide bonds. The molecule has 1 fully saturated rings. The Morgan fingerprint density at radius 1 is 1.10 bits per heavy atom. The average Bonchev–Trinajstić information content (AvgIpc) is 2.44. The number of hydrogen-bond acceptors (Lipinski definition) is 3. The van der Waals surface area contributed by atoms with Crippen molar-refractivity contribution in [3.05, 3.63) is 28.3 Å². The number of piperidine rings is 1. The van der Waals surface area contributed by atoms with E-state index >= 15 is 0 Å². The van der Waals surface area contributed by atoms with Crippen LogP contribution in [0.25, 0.3) is 0 Å². The Kier molecular flexibility index (Phi) is 5.07. The Morgan fingerprint density at radius 2 is 1.62 bits per heavy atom. The summed E-state index contributed by atoms with van der Waals surface area (Å²) in [5.74, 6) is 0.438. The lowest BCUT2D eigenvalue weighted by atomic mass is 9.99. The van der Waals surface area contributed by atoms with Crippen molar-refractivity contribution in [1.29, 1.82) is 0 Å². The van der Waals surface area contributed by atoms with Crippen LogP contribution in [0.5, 0.6) is 0 Å². The van der Waals surface area contributed by atoms with Crippen LogP contribution in [0.4, 0.5) is 0 Å². The smallest absolute Gasteiger partial charge is 0.241 e. The predicted molar refractivity (Wildman–Crippen MR) is 86.2 cm³/mol. The molecule has 1 aromatic rings. The molecule has 0 unspecified atom stereocenters. The molecule has 0 aliphatic carbocycles. The first-order chi connectivity index (χ1) is 9.83. The fourth-order valence-electron chi connectivity index (χ4n) is 2.97. The van der Waals surface area contributed by atoms with E-state index in [1.807, 2.05) is 27.7 Å². The van der Waals surface area contributed by atoms with Crippen LogP contribution in [0.15, 0.2) is 11.0 Å². The highest BCUT2D eigenvalue weighted by molar-refractivity contribution is 7.89. The second-order valence-corrected chi connectivity index (χ2v) is 7.84. The minimum Gasteiger partial charge on any atom is -0.317 e. The van der Waals surface area contributed by atoms with E-state index in [4.69, 9.17) is 0 Å². The molecule has 118 valence electrons. The predicted octanol–water partition coefficient (Wildman–Crippen LogP) is 2.20. The van der Waals surface area contributed by atoms with Crippen molar-refractivity contribution in [1.82, 2.24) is 10.0 Å². The van der Waals surface area contributed by atoms with Gasteiger partial charge in [0.1, 0.15) is 0 Å². The summed E-state index contributed by atoms with van der Waals surface area (Å²) in [5.41, 5.74) is 3.77. The van der Waals surface area contributed by atoms with E-state index in [1.165, 1.54) is 0 Å². The van der Waals surface area contributed by atoms with Gasteiger partial charge in [-0.2, -0.15) is 0 Å². The number of benzene rings is 1. The Balaban J connectivity index is 2.23. The first kappa shape index (κ1) is 16.5. The lowest BCUT2D eigenvalue weighted by Crippen LogP contribution is -2.36. The molecule has 21 heavy (non-hydrogen) atoms. The Morgan fingerprint density at radius 3 is 2.14 bits per heavy atom. The van der Waals surface area contributed by atoms with Crippen LogP contribution >= 0.6 is 0 Å². The summed E-state index contributed by atoms with van der Waals surface area (Å²) in [4.78, 5) is 0.467. The summed E-state index contributed by atoms with van der Waals surface area (Å²) in [6, 6.07) is 2.05. The van der Waals surface area contributed by atoms with Gasteiger partial charge in [0.2, 0.25) is 10.0 Å². The van der Waals surface area contributed by atoms with Crippen LogP contribution in [0.2, 0.25) is 0 Å². The third-order valence-electron chi connectivity index (χ3n) is 4.59. The zero-order valence-corrected chi connectivity index (χ0v) is 14.2. The molecule has 5 heteroatoms. The second-order valence-electron chi connectivity index (χ2n) is 6.13. The molecule has 1 saturated heterocycles. The SMILES string of the molecule is Cc1cc(C)c(C)c(S(=O)(=O)NCC2CCNCC2)c1C. The van der Waals surface area contributed by atoms with Crippen molar-refractivity contribution in [3.63, 3.8) is 0 Å². The monoisotopic (exact) mass is 310 g/mol. The Labute approximate surface area is 128 Å². The first-order valence-electron chi connectivity index (χ1n) is 7.60. The minimum absolute atomic E-state index is 0.438. The van der Waals surface area contributed by atoms with Crippen LogP contribution in [-0.4, -0.2) is 28.1 Å². The van der Waals surface area contributed by atoms with Crippen LogP contribution in [-0.2, 0) is 10.0 Å². The molecule has 1 aliphatic heterocycles. The zero-order chi connectivity index (χ0) is 15.6. The van der Waals surface area contributed by atoms with E-state index in [0.29, 0.717) is 17.4 Å². The molecule has 1 aromatic carbocycles. The van der Waals surface area contributed by atoms with Crippen molar-refractivity contribution in [3.8, 4) is 0 Å². The van der Waals surface area contributed by atoms with E-state index in [-0.39, 0.29) is 0 Å². The van der Waals surface area contributed by atoms with Crippen LogP contribution in [0, 0.1) is 33.6 Å². The standard InChI is InChI=1S/C16H26N2O2S/c1-11-9-12(2)14(4)16(13(11)3)21(19,20)18-10-15-5-7-17-8-6-15/h9,15,17-18H,5-8,10H2,1-4H3. The molecular weight excluding hydrogens is 284 g/mol. The van der Waals surface area contributed by atoms with Crippen molar-refractivity contribution < 1.29 is 8.42 Å². The zero-order valence-electron chi connectivity index (χ0n) is 13.4. The summed E-state index contributed by atoms with van der Waals surface area (Å²) in [7, 11) is -3.44. The summed E-state index contributed by atoms with van der Waals surface area (Å²) < 4.78 is 28.2. The van der Waals surface area contributed by atoms with Gasteiger partial charge in [-0.25, -0.2) is 13.1 Å². The van der Waals surface area contributed by atoms with Gasteiger partial charge in [-0.3, -0.25) is 0 Å². The van der Waals surface area contributed by atoms with Gasteiger partial charge in [0.25, 0.3) is 0 Å². The summed E-state index contributed by atoms with van der Waals surface area (Å²) in [6.07, 6.45) is 2.07. The van der Waals surface area contributed by atoms with Gasteiger partial charge >= 0.3 is 0 Å². The van der Waals surface area contributed by atoms with Gasteiger partial charge in [0.05, 0.1) is 4.90 Å². The number of sulfonamides is 1. The molecule has 0 atom stereocenters. The number of rotatable bonds is 4. The largest absolute Gasteiger partial charge is 0.317 e. The van der Waals surface area contributed by atoms with Crippen LogP contribution < -0.4 is 10.0 Å². The van der Waals surface area contributed by atoms with Crippen LogP contribution in [0.1, 0.15) is 35.1 Å². The molecule has 0 radical (unpaired) electrons. The van der Waals surface area contributed by atoms with Crippen molar-refractivity contribution in [2.75, 3.05) is 19.6 Å². The maximum atomic E-state index is 12.7. The fraction of sp³-hybridized carbons (Fsp3) is 0.625. The summed E-state index contributed by atoms with van der Waals surface area (Å²) >= 11 is 0. The van der Waals surface area contributed by atoms with E-state index in [0.717, 1.165) is 48.2 Å². The quantitative estimate of drug-likeness (QED) is 0.896. The number of aryl methyl sites for hydroxylation is 2. The highest BCUT2D eigenvalue weighted by Crippen LogP contribution is 2.26. The molecule has 0 spiro atoms. The van der Waals surface area contributed by atoms with Gasteiger partial charge < -0.3 is 5.32 Å². The minimum atomic E-state index is -3.44. The van der Waals surface area contributed by atoms with Gasteiger partial charge in [0, 0.05) is 6.54 Å². The first-order valence-corrected chi connectivity index (χ1v) is 9.09. The van der Waals surface area contributed by atoms with Crippen LogP contribution in [0.3, 0.4) is 0 Å². The van der Waals surface area contributed by atoms with E-state index < -0.39 is 10.0 Å². The molecule has 1 heterocycles. The maximum Gasteiger partial charge on any atom is 0.241 e. The normalized spacial score (nSPS) is 17.1. The number of hydrogen-bond donors (Lipinski definition) is 2. The maximum absolute atomic E-state index is 12.7. The second kappa shape index (κ2) is 6.46. The van der Waals surface area contributed by atoms with E-state index in [1.54, 1.807) is 0 Å². The molecule has 0 saturated carbocycles. The topological polar surface area (TPSA) is 58.2 Å². The molecule has 2 N–H and O–H groups in total. The highest BCUT2D eigenvalue weighted by Gasteiger charge is 2.23. The summed E-state index contributed by atoms with van der Waals surface area (Å²) in [5, 5.41) is 3.30. The Bertz CT molecular complexity index is 591. The van der Waals surface area contributed by atoms with Gasteiger partial charge in [-0.1, -0.05) is 6.07 Å². The van der Waals surface area contributed by atoms with Crippen molar-refractivity contribution >= 4 is 10.0 Å². The van der Waals surface area contributed by atoms with E-state index in [9.17, 15) is 8.42 Å². The average molecular weight is 310 g/mol. The van der Waals surface area contributed by atoms with E-state index in [2.05, 4.69) is 16.1 Å². The van der Waals surface area contributed by atoms with Gasteiger partial charge in [-0.05, 0) is 81.8 Å². The molecule has 2 rings (SSSR count). The van der Waals surface area contributed by atoms with Gasteiger partial charge in [0.15, 0.2) is 0 Å². The third kappa shape index (κ3) is 3.65. The van der Waals surface area contributed by atoms with Crippen molar-refractivity contribution in [2.24, 2.45) is 5.92 Å². The summed E-state index contributed by atoms with van der Waals surface area (Å²) in [6.45, 7) is 10.2. The molecule has 0 aromatic heterocycles. The lowest BCUT2D eigenvalue weighted by Gasteiger charge is -2.23. The third-order valence-corrected chi connectivity index (χ3v) is 6.28. The molecular formula is C16H26N2O2S. The Hall–Kier alpha value is -0.910. The molecule has 4 nitrogen and oxygen atoms in total. The number of nitrogens with one attached hydrogen (secondary N) is 2. The van der Waals surface area contributed by atoms with Crippen molar-refractivity contribution in [2.45, 2.75) is 45.4 Å².